The van der Waals surface area contributed by atoms with Gasteiger partial charge in [0, 0.05) is 22.6 Å². The highest BCUT2D eigenvalue weighted by Crippen LogP contribution is 2.37. The molecule has 1 atom stereocenters. The molecule has 4 nitrogen and oxygen atoms in total. The van der Waals surface area contributed by atoms with Crippen molar-refractivity contribution < 1.29 is 9.59 Å². The summed E-state index contributed by atoms with van der Waals surface area (Å²) in [4.78, 5) is 27.5. The van der Waals surface area contributed by atoms with Crippen LogP contribution in [-0.2, 0) is 9.59 Å². The molecule has 1 aromatic rings. The quantitative estimate of drug-likeness (QED) is 0.932. The Morgan fingerprint density at radius 3 is 2.82 bits per heavy atom. The van der Waals surface area contributed by atoms with E-state index in [4.69, 9.17) is 0 Å². The Balaban J connectivity index is 1.75. The number of benzene rings is 1. The number of rotatable bonds is 3. The molecule has 1 unspecified atom stereocenters. The topological polar surface area (TPSA) is 49.4 Å². The van der Waals surface area contributed by atoms with Crippen molar-refractivity contribution in [2.75, 3.05) is 11.4 Å². The Labute approximate surface area is 135 Å². The fraction of sp³-hybridized carbons (Fsp3) is 0.529. The van der Waals surface area contributed by atoms with Crippen molar-refractivity contribution in [3.8, 4) is 0 Å². The van der Waals surface area contributed by atoms with Crippen molar-refractivity contribution in [3.05, 3.63) is 24.3 Å². The summed E-state index contributed by atoms with van der Waals surface area (Å²) in [5.74, 6) is -0.0128. The maximum Gasteiger partial charge on any atom is 0.240 e. The first-order valence-electron chi connectivity index (χ1n) is 7.99. The van der Waals surface area contributed by atoms with Gasteiger partial charge < -0.3 is 10.2 Å². The van der Waals surface area contributed by atoms with Crippen molar-refractivity contribution in [2.24, 2.45) is 0 Å². The molecule has 1 fully saturated rings. The van der Waals surface area contributed by atoms with E-state index in [1.165, 1.54) is 12.8 Å². The number of hydrogen-bond donors (Lipinski definition) is 1. The van der Waals surface area contributed by atoms with Gasteiger partial charge in [0.1, 0.15) is 6.54 Å². The molecule has 0 radical (unpaired) electrons. The van der Waals surface area contributed by atoms with Gasteiger partial charge >= 0.3 is 0 Å². The van der Waals surface area contributed by atoms with Crippen LogP contribution in [0.5, 0.6) is 0 Å². The standard InChI is InChI=1S/C17H22N2O2S/c1-12-10-17(21)19(14-8-4-5-9-15(14)22-12)11-16(20)18-13-6-2-3-7-13/h4-5,8-9,12-13H,2-3,6-7,10-11H2,1H3,(H,18,20). The van der Waals surface area contributed by atoms with Crippen molar-refractivity contribution in [3.63, 3.8) is 0 Å². The van der Waals surface area contributed by atoms with Gasteiger partial charge in [0.2, 0.25) is 11.8 Å². The minimum absolute atomic E-state index is 0.0338. The first-order valence-corrected chi connectivity index (χ1v) is 8.87. The van der Waals surface area contributed by atoms with Crippen LogP contribution in [0.2, 0.25) is 0 Å². The van der Waals surface area contributed by atoms with Gasteiger partial charge in [-0.25, -0.2) is 0 Å². The molecule has 2 amide bonds. The maximum absolute atomic E-state index is 12.5. The number of carbonyl (C=O) groups is 2. The van der Waals surface area contributed by atoms with Gasteiger partial charge in [-0.05, 0) is 25.0 Å². The summed E-state index contributed by atoms with van der Waals surface area (Å²) < 4.78 is 0. The second-order valence-corrected chi connectivity index (χ2v) is 7.61. The van der Waals surface area contributed by atoms with Gasteiger partial charge in [0.05, 0.1) is 5.69 Å². The fourth-order valence-corrected chi connectivity index (χ4v) is 4.30. The predicted molar refractivity (Wildman–Crippen MR) is 89.1 cm³/mol. The van der Waals surface area contributed by atoms with E-state index in [9.17, 15) is 9.59 Å². The number of anilines is 1. The maximum atomic E-state index is 12.5. The van der Waals surface area contributed by atoms with E-state index in [2.05, 4.69) is 12.2 Å². The highest BCUT2D eigenvalue weighted by Gasteiger charge is 2.28. The lowest BCUT2D eigenvalue weighted by Gasteiger charge is -2.23. The lowest BCUT2D eigenvalue weighted by Crippen LogP contribution is -2.43. The number of amides is 2. The van der Waals surface area contributed by atoms with Crippen LogP contribution in [0, 0.1) is 0 Å². The van der Waals surface area contributed by atoms with E-state index < -0.39 is 0 Å². The molecule has 1 saturated carbocycles. The summed E-state index contributed by atoms with van der Waals surface area (Å²) in [5, 5.41) is 3.30. The third-order valence-electron chi connectivity index (χ3n) is 4.27. The molecule has 118 valence electrons. The van der Waals surface area contributed by atoms with Crippen molar-refractivity contribution in [2.45, 2.75) is 55.2 Å². The largest absolute Gasteiger partial charge is 0.352 e. The summed E-state index contributed by atoms with van der Waals surface area (Å²) in [7, 11) is 0. The van der Waals surface area contributed by atoms with Crippen molar-refractivity contribution in [1.82, 2.24) is 5.32 Å². The summed E-state index contributed by atoms with van der Waals surface area (Å²) in [6.07, 6.45) is 4.96. The molecule has 2 aliphatic rings. The van der Waals surface area contributed by atoms with Crippen LogP contribution in [0.15, 0.2) is 29.2 Å². The zero-order chi connectivity index (χ0) is 15.5. The van der Waals surface area contributed by atoms with Crippen LogP contribution in [-0.4, -0.2) is 29.7 Å². The number of nitrogens with zero attached hydrogens (tertiary/aromatic N) is 1. The second kappa shape index (κ2) is 6.73. The molecular formula is C17H22N2O2S. The fourth-order valence-electron chi connectivity index (χ4n) is 3.19. The molecule has 0 bridgehead atoms. The highest BCUT2D eigenvalue weighted by molar-refractivity contribution is 8.00. The highest BCUT2D eigenvalue weighted by atomic mass is 32.2. The lowest BCUT2D eigenvalue weighted by atomic mass is 10.2. The Hall–Kier alpha value is -1.49. The SMILES string of the molecule is CC1CC(=O)N(CC(=O)NC2CCCC2)c2ccccc2S1. The number of fused-ring (bicyclic) bond motifs is 1. The summed E-state index contributed by atoms with van der Waals surface area (Å²) >= 11 is 1.71. The first kappa shape index (κ1) is 15.4. The molecule has 1 N–H and O–H groups in total. The van der Waals surface area contributed by atoms with Crippen LogP contribution in [0.1, 0.15) is 39.0 Å². The Kier molecular flexibility index (Phi) is 4.71. The average molecular weight is 318 g/mol. The average Bonchev–Trinajstić information content (AvgIpc) is 2.94. The first-order chi connectivity index (χ1) is 10.6. The zero-order valence-electron chi connectivity index (χ0n) is 12.9. The van der Waals surface area contributed by atoms with E-state index in [1.54, 1.807) is 16.7 Å². The third kappa shape index (κ3) is 3.46. The third-order valence-corrected chi connectivity index (χ3v) is 5.44. The zero-order valence-corrected chi connectivity index (χ0v) is 13.7. The van der Waals surface area contributed by atoms with Crippen molar-refractivity contribution in [1.29, 1.82) is 0 Å². The number of hydrogen-bond acceptors (Lipinski definition) is 3. The number of nitrogens with one attached hydrogen (secondary N) is 1. The Morgan fingerprint density at radius 1 is 1.32 bits per heavy atom. The molecule has 1 aromatic carbocycles. The molecule has 1 aliphatic heterocycles. The van der Waals surface area contributed by atoms with Crippen LogP contribution in [0.4, 0.5) is 5.69 Å². The number of para-hydroxylation sites is 1. The van der Waals surface area contributed by atoms with Crippen LogP contribution < -0.4 is 10.2 Å². The normalized spacial score (nSPS) is 22.3. The van der Waals surface area contributed by atoms with E-state index in [-0.39, 0.29) is 29.7 Å². The van der Waals surface area contributed by atoms with E-state index in [0.29, 0.717) is 6.42 Å². The van der Waals surface area contributed by atoms with E-state index in [1.807, 2.05) is 24.3 Å². The number of thioether (sulfide) groups is 1. The Morgan fingerprint density at radius 2 is 2.05 bits per heavy atom. The van der Waals surface area contributed by atoms with Crippen LogP contribution in [0.25, 0.3) is 0 Å². The molecule has 22 heavy (non-hydrogen) atoms. The summed E-state index contributed by atoms with van der Waals surface area (Å²) in [6.45, 7) is 2.18. The number of carbonyl (C=O) groups excluding carboxylic acids is 2. The molecule has 5 heteroatoms. The van der Waals surface area contributed by atoms with Gasteiger partial charge in [-0.1, -0.05) is 31.9 Å². The van der Waals surface area contributed by atoms with E-state index in [0.717, 1.165) is 23.4 Å². The van der Waals surface area contributed by atoms with Crippen molar-refractivity contribution >= 4 is 29.3 Å². The Bertz CT molecular complexity index is 570. The van der Waals surface area contributed by atoms with E-state index >= 15 is 0 Å². The monoisotopic (exact) mass is 318 g/mol. The molecule has 0 saturated heterocycles. The van der Waals surface area contributed by atoms with Gasteiger partial charge in [0.15, 0.2) is 0 Å². The smallest absolute Gasteiger partial charge is 0.240 e. The molecule has 0 aromatic heterocycles. The lowest BCUT2D eigenvalue weighted by molar-refractivity contribution is -0.124. The van der Waals surface area contributed by atoms with Gasteiger partial charge in [0.25, 0.3) is 0 Å². The molecule has 1 aliphatic carbocycles. The van der Waals surface area contributed by atoms with Crippen LogP contribution >= 0.6 is 11.8 Å². The second-order valence-electron chi connectivity index (χ2n) is 6.13. The van der Waals surface area contributed by atoms with Gasteiger partial charge in [-0.3, -0.25) is 9.59 Å². The molecule has 3 rings (SSSR count). The van der Waals surface area contributed by atoms with Gasteiger partial charge in [-0.2, -0.15) is 0 Å². The summed E-state index contributed by atoms with van der Waals surface area (Å²) in [6, 6.07) is 8.14. The molecule has 0 spiro atoms. The minimum atomic E-state index is -0.0467. The minimum Gasteiger partial charge on any atom is -0.352 e. The van der Waals surface area contributed by atoms with Crippen LogP contribution in [0.3, 0.4) is 0 Å². The predicted octanol–water partition coefficient (Wildman–Crippen LogP) is 2.96. The molecular weight excluding hydrogens is 296 g/mol. The van der Waals surface area contributed by atoms with Gasteiger partial charge in [-0.15, -0.1) is 11.8 Å². The molecule has 1 heterocycles. The summed E-state index contributed by atoms with van der Waals surface area (Å²) in [5.41, 5.74) is 0.864.